The highest BCUT2D eigenvalue weighted by Crippen LogP contribution is 2.27. The minimum absolute atomic E-state index is 0.193. The summed E-state index contributed by atoms with van der Waals surface area (Å²) < 4.78 is 35.6. The number of anilines is 1. The molecule has 7 nitrogen and oxygen atoms in total. The van der Waals surface area contributed by atoms with Crippen LogP contribution < -0.4 is 19.5 Å². The molecule has 0 radical (unpaired) electrons. The second-order valence-electron chi connectivity index (χ2n) is 6.45. The van der Waals surface area contributed by atoms with Crippen molar-refractivity contribution < 1.29 is 22.7 Å². The van der Waals surface area contributed by atoms with Gasteiger partial charge < -0.3 is 14.8 Å². The van der Waals surface area contributed by atoms with Crippen LogP contribution in [0.4, 0.5) is 5.69 Å². The Morgan fingerprint density at radius 1 is 1.04 bits per heavy atom. The number of carbonyl (C=O) groups excluding carboxylic acids is 1. The van der Waals surface area contributed by atoms with Crippen LogP contribution >= 0.6 is 0 Å². The van der Waals surface area contributed by atoms with Gasteiger partial charge in [-0.05, 0) is 61.2 Å². The predicted molar refractivity (Wildman–Crippen MR) is 110 cm³/mol. The van der Waals surface area contributed by atoms with Gasteiger partial charge in [-0.25, -0.2) is 8.42 Å². The van der Waals surface area contributed by atoms with Crippen LogP contribution in [0.5, 0.6) is 11.5 Å². The van der Waals surface area contributed by atoms with Crippen molar-refractivity contribution in [2.45, 2.75) is 19.8 Å². The standard InChI is InChI=1S/C20H26N2O5S/c1-14-12-16(8-9-17(14)22-28(4,24)25)20(23)21-11-5-6-15-7-10-18(26-2)19(13-15)27-3/h7-10,12-13,22H,5-6,11H2,1-4H3,(H,21,23). The molecule has 2 aromatic carbocycles. The molecule has 8 heteroatoms. The largest absolute Gasteiger partial charge is 0.493 e. The normalized spacial score (nSPS) is 11.0. The summed E-state index contributed by atoms with van der Waals surface area (Å²) in [5.74, 6) is 1.17. The maximum absolute atomic E-state index is 12.3. The van der Waals surface area contributed by atoms with Crippen LogP contribution in [-0.2, 0) is 16.4 Å². The lowest BCUT2D eigenvalue weighted by Gasteiger charge is -2.11. The fraction of sp³-hybridized carbons (Fsp3) is 0.350. The molecule has 0 aliphatic rings. The summed E-state index contributed by atoms with van der Waals surface area (Å²) in [7, 11) is -0.160. The molecule has 28 heavy (non-hydrogen) atoms. The second kappa shape index (κ2) is 9.45. The van der Waals surface area contributed by atoms with Crippen LogP contribution in [0.25, 0.3) is 0 Å². The topological polar surface area (TPSA) is 93.7 Å². The lowest BCUT2D eigenvalue weighted by atomic mass is 10.1. The van der Waals surface area contributed by atoms with Gasteiger partial charge in [0.2, 0.25) is 10.0 Å². The maximum Gasteiger partial charge on any atom is 0.251 e. The van der Waals surface area contributed by atoms with Crippen molar-refractivity contribution in [1.29, 1.82) is 0 Å². The van der Waals surface area contributed by atoms with Gasteiger partial charge in [0.15, 0.2) is 11.5 Å². The zero-order valence-electron chi connectivity index (χ0n) is 16.5. The molecule has 2 rings (SSSR count). The van der Waals surface area contributed by atoms with Gasteiger partial charge in [-0.2, -0.15) is 0 Å². The van der Waals surface area contributed by atoms with E-state index < -0.39 is 10.0 Å². The van der Waals surface area contributed by atoms with Crippen molar-refractivity contribution in [2.24, 2.45) is 0 Å². The van der Waals surface area contributed by atoms with Gasteiger partial charge in [-0.3, -0.25) is 9.52 Å². The summed E-state index contributed by atoms with van der Waals surface area (Å²) in [6, 6.07) is 10.6. The highest BCUT2D eigenvalue weighted by atomic mass is 32.2. The first-order chi connectivity index (χ1) is 13.2. The van der Waals surface area contributed by atoms with E-state index in [1.807, 2.05) is 18.2 Å². The van der Waals surface area contributed by atoms with Gasteiger partial charge >= 0.3 is 0 Å². The van der Waals surface area contributed by atoms with Gasteiger partial charge in [0, 0.05) is 12.1 Å². The van der Waals surface area contributed by atoms with E-state index in [2.05, 4.69) is 10.0 Å². The van der Waals surface area contributed by atoms with Crippen LogP contribution in [0.2, 0.25) is 0 Å². The van der Waals surface area contributed by atoms with Gasteiger partial charge in [0.05, 0.1) is 26.2 Å². The highest BCUT2D eigenvalue weighted by molar-refractivity contribution is 7.92. The van der Waals surface area contributed by atoms with Gasteiger partial charge in [0.25, 0.3) is 5.91 Å². The van der Waals surface area contributed by atoms with Crippen molar-refractivity contribution in [3.8, 4) is 11.5 Å². The Morgan fingerprint density at radius 2 is 1.75 bits per heavy atom. The molecule has 0 unspecified atom stereocenters. The maximum atomic E-state index is 12.3. The van der Waals surface area contributed by atoms with Crippen LogP contribution in [0.15, 0.2) is 36.4 Å². The van der Waals surface area contributed by atoms with Crippen LogP contribution in [-0.4, -0.2) is 41.3 Å². The van der Waals surface area contributed by atoms with Gasteiger partial charge in [-0.15, -0.1) is 0 Å². The second-order valence-corrected chi connectivity index (χ2v) is 8.20. The van der Waals surface area contributed by atoms with Gasteiger partial charge in [0.1, 0.15) is 0 Å². The van der Waals surface area contributed by atoms with E-state index in [0.717, 1.165) is 24.7 Å². The molecule has 2 N–H and O–H groups in total. The van der Waals surface area contributed by atoms with Crippen molar-refractivity contribution in [1.82, 2.24) is 5.32 Å². The lowest BCUT2D eigenvalue weighted by molar-refractivity contribution is 0.0953. The first-order valence-corrected chi connectivity index (χ1v) is 10.7. The van der Waals surface area contributed by atoms with Crippen LogP contribution in [0.3, 0.4) is 0 Å². The number of hydrogen-bond donors (Lipinski definition) is 2. The Kier molecular flexibility index (Phi) is 7.28. The van der Waals surface area contributed by atoms with E-state index >= 15 is 0 Å². The monoisotopic (exact) mass is 406 g/mol. The van der Waals surface area contributed by atoms with E-state index in [9.17, 15) is 13.2 Å². The Bertz CT molecular complexity index is 942. The number of nitrogens with one attached hydrogen (secondary N) is 2. The smallest absolute Gasteiger partial charge is 0.251 e. The zero-order valence-corrected chi connectivity index (χ0v) is 17.4. The first kappa shape index (κ1) is 21.6. The summed E-state index contributed by atoms with van der Waals surface area (Å²) in [4.78, 5) is 12.3. The Balaban J connectivity index is 1.88. The molecule has 0 aliphatic carbocycles. The fourth-order valence-corrected chi connectivity index (χ4v) is 3.38. The summed E-state index contributed by atoms with van der Waals surface area (Å²) in [5.41, 5.74) is 2.73. The van der Waals surface area contributed by atoms with Crippen molar-refractivity contribution >= 4 is 21.6 Å². The highest BCUT2D eigenvalue weighted by Gasteiger charge is 2.10. The number of amides is 1. The average Bonchev–Trinajstić information content (AvgIpc) is 2.65. The molecule has 0 fully saturated rings. The molecule has 0 aliphatic heterocycles. The molecule has 0 atom stereocenters. The number of aryl methyl sites for hydroxylation is 2. The zero-order chi connectivity index (χ0) is 20.7. The van der Waals surface area contributed by atoms with Crippen molar-refractivity contribution in [3.63, 3.8) is 0 Å². The molecule has 0 spiro atoms. The number of hydrogen-bond acceptors (Lipinski definition) is 5. The van der Waals surface area contributed by atoms with Crippen molar-refractivity contribution in [2.75, 3.05) is 31.7 Å². The van der Waals surface area contributed by atoms with Crippen molar-refractivity contribution in [3.05, 3.63) is 53.1 Å². The third-order valence-corrected chi connectivity index (χ3v) is 4.75. The number of carbonyl (C=O) groups is 1. The third-order valence-electron chi connectivity index (χ3n) is 4.16. The molecule has 0 bridgehead atoms. The minimum atomic E-state index is -3.35. The summed E-state index contributed by atoms with van der Waals surface area (Å²) >= 11 is 0. The SMILES string of the molecule is COc1ccc(CCCNC(=O)c2ccc(NS(C)(=O)=O)c(C)c2)cc1OC. The van der Waals surface area contributed by atoms with Crippen LogP contribution in [0.1, 0.15) is 27.9 Å². The van der Waals surface area contributed by atoms with Gasteiger partial charge in [-0.1, -0.05) is 6.07 Å². The number of rotatable bonds is 9. The molecule has 152 valence electrons. The minimum Gasteiger partial charge on any atom is -0.493 e. The number of ether oxygens (including phenoxy) is 2. The average molecular weight is 407 g/mol. The quantitative estimate of drug-likeness (QED) is 0.625. The van der Waals surface area contributed by atoms with E-state index in [4.69, 9.17) is 9.47 Å². The van der Waals surface area contributed by atoms with Crippen LogP contribution in [0, 0.1) is 6.92 Å². The summed E-state index contributed by atoms with van der Waals surface area (Å²) in [5, 5.41) is 2.88. The number of sulfonamides is 1. The summed E-state index contributed by atoms with van der Waals surface area (Å²) in [6.07, 6.45) is 2.65. The Labute approximate surface area is 166 Å². The fourth-order valence-electron chi connectivity index (χ4n) is 2.75. The molecule has 2 aromatic rings. The summed E-state index contributed by atoms with van der Waals surface area (Å²) in [6.45, 7) is 2.27. The molecular formula is C20H26N2O5S. The molecule has 0 saturated heterocycles. The Morgan fingerprint density at radius 3 is 2.36 bits per heavy atom. The Hall–Kier alpha value is -2.74. The predicted octanol–water partition coefficient (Wildman–Crippen LogP) is 2.75. The molecule has 0 aromatic heterocycles. The van der Waals surface area contributed by atoms with E-state index in [0.29, 0.717) is 34.9 Å². The third kappa shape index (κ3) is 6.16. The van der Waals surface area contributed by atoms with E-state index in [1.165, 1.54) is 0 Å². The van der Waals surface area contributed by atoms with E-state index in [1.54, 1.807) is 39.3 Å². The number of methoxy groups -OCH3 is 2. The van der Waals surface area contributed by atoms with E-state index in [-0.39, 0.29) is 5.91 Å². The lowest BCUT2D eigenvalue weighted by Crippen LogP contribution is -2.25. The molecule has 1 amide bonds. The molecule has 0 saturated carbocycles. The first-order valence-electron chi connectivity index (χ1n) is 8.81. The number of benzene rings is 2. The molecule has 0 heterocycles. The molecular weight excluding hydrogens is 380 g/mol.